The number of imidazole rings is 1. The maximum absolute atomic E-state index is 9.81. The number of aliphatic hydroxyl groups is 1. The van der Waals surface area contributed by atoms with E-state index in [1.165, 1.54) is 0 Å². The van der Waals surface area contributed by atoms with E-state index in [4.69, 9.17) is 16.6 Å². The van der Waals surface area contributed by atoms with Crippen molar-refractivity contribution in [1.29, 1.82) is 0 Å². The van der Waals surface area contributed by atoms with Crippen LogP contribution in [0.15, 0.2) is 42.5 Å². The number of aromatic nitrogens is 2. The van der Waals surface area contributed by atoms with Crippen LogP contribution in [0.3, 0.4) is 0 Å². The van der Waals surface area contributed by atoms with Gasteiger partial charge in [-0.1, -0.05) is 35.9 Å². The van der Waals surface area contributed by atoms with Crippen LogP contribution < -0.4 is 0 Å². The number of fused-ring (bicyclic) bond motifs is 1. The fourth-order valence-electron chi connectivity index (χ4n) is 2.57. The first-order valence-electron chi connectivity index (χ1n) is 6.96. The number of aliphatic hydroxyl groups excluding tert-OH is 1. The lowest BCUT2D eigenvalue weighted by molar-refractivity contribution is 0.175. The summed E-state index contributed by atoms with van der Waals surface area (Å²) >= 11 is 6.11. The van der Waals surface area contributed by atoms with Crippen molar-refractivity contribution >= 4 is 22.6 Å². The van der Waals surface area contributed by atoms with Crippen LogP contribution in [0.4, 0.5) is 0 Å². The maximum Gasteiger partial charge on any atom is 0.141 e. The molecule has 1 unspecified atom stereocenters. The molecule has 0 aliphatic rings. The minimum absolute atomic E-state index is 0.454. The van der Waals surface area contributed by atoms with Gasteiger partial charge in [0.15, 0.2) is 0 Å². The van der Waals surface area contributed by atoms with E-state index >= 15 is 0 Å². The largest absolute Gasteiger partial charge is 0.392 e. The molecule has 0 amide bonds. The van der Waals surface area contributed by atoms with Crippen molar-refractivity contribution in [3.05, 3.63) is 53.1 Å². The Morgan fingerprint density at radius 1 is 1.24 bits per heavy atom. The molecule has 0 saturated heterocycles. The second-order valence-electron chi connectivity index (χ2n) is 5.34. The summed E-state index contributed by atoms with van der Waals surface area (Å²) in [5.74, 6) is 0.867. The maximum atomic E-state index is 9.81. The fraction of sp³-hybridized carbons (Fsp3) is 0.235. The number of aryl methyl sites for hydroxylation is 1. The Morgan fingerprint density at radius 2 is 2.00 bits per heavy atom. The normalized spacial score (nSPS) is 12.8. The summed E-state index contributed by atoms with van der Waals surface area (Å²) < 4.78 is 2.04. The standard InChI is InChI=1S/C17H17ClN2O/c1-11-5-3-4-6-14(11)17-19-15-8-7-13(18)9-16(15)20(17)10-12(2)21/h3-9,12,21H,10H2,1-2H3. The molecular formula is C17H17ClN2O. The van der Waals surface area contributed by atoms with Gasteiger partial charge in [-0.05, 0) is 37.6 Å². The third kappa shape index (κ3) is 2.67. The molecule has 0 spiro atoms. The number of nitrogens with zero attached hydrogens (tertiary/aromatic N) is 2. The van der Waals surface area contributed by atoms with Crippen LogP contribution >= 0.6 is 11.6 Å². The zero-order valence-corrected chi connectivity index (χ0v) is 12.8. The Balaban J connectivity index is 2.29. The van der Waals surface area contributed by atoms with E-state index in [2.05, 4.69) is 19.1 Å². The Bertz CT molecular complexity index is 793. The molecule has 0 fully saturated rings. The average molecular weight is 301 g/mol. The van der Waals surface area contributed by atoms with Gasteiger partial charge in [0, 0.05) is 10.6 Å². The molecule has 0 saturated carbocycles. The Labute approximate surface area is 128 Å². The minimum Gasteiger partial charge on any atom is -0.392 e. The lowest BCUT2D eigenvalue weighted by atomic mass is 10.1. The van der Waals surface area contributed by atoms with Crippen molar-refractivity contribution < 1.29 is 5.11 Å². The highest BCUT2D eigenvalue weighted by Gasteiger charge is 2.15. The monoisotopic (exact) mass is 300 g/mol. The molecule has 21 heavy (non-hydrogen) atoms. The molecule has 1 aromatic heterocycles. The van der Waals surface area contributed by atoms with E-state index < -0.39 is 6.10 Å². The summed E-state index contributed by atoms with van der Waals surface area (Å²) in [6.07, 6.45) is -0.454. The van der Waals surface area contributed by atoms with E-state index in [0.29, 0.717) is 11.6 Å². The predicted molar refractivity (Wildman–Crippen MR) is 86.6 cm³/mol. The van der Waals surface area contributed by atoms with Crippen molar-refractivity contribution in [2.75, 3.05) is 0 Å². The number of hydrogen-bond donors (Lipinski definition) is 1. The van der Waals surface area contributed by atoms with Gasteiger partial charge in [0.1, 0.15) is 5.82 Å². The SMILES string of the molecule is Cc1ccccc1-c1nc2ccc(Cl)cc2n1CC(C)O. The Hall–Kier alpha value is -1.84. The molecule has 1 atom stereocenters. The quantitative estimate of drug-likeness (QED) is 0.792. The molecule has 3 aromatic rings. The van der Waals surface area contributed by atoms with Gasteiger partial charge in [0.25, 0.3) is 0 Å². The molecule has 0 radical (unpaired) electrons. The van der Waals surface area contributed by atoms with E-state index in [-0.39, 0.29) is 0 Å². The topological polar surface area (TPSA) is 38.0 Å². The zero-order valence-electron chi connectivity index (χ0n) is 12.0. The average Bonchev–Trinajstić information content (AvgIpc) is 2.77. The molecule has 1 N–H and O–H groups in total. The number of halogens is 1. The van der Waals surface area contributed by atoms with Gasteiger partial charge in [-0.25, -0.2) is 4.98 Å². The Morgan fingerprint density at radius 3 is 2.71 bits per heavy atom. The summed E-state index contributed by atoms with van der Waals surface area (Å²) in [5.41, 5.74) is 4.07. The van der Waals surface area contributed by atoms with Crippen LogP contribution in [0, 0.1) is 6.92 Å². The van der Waals surface area contributed by atoms with Crippen LogP contribution in [0.25, 0.3) is 22.4 Å². The minimum atomic E-state index is -0.454. The first kappa shape index (κ1) is 14.1. The van der Waals surface area contributed by atoms with Gasteiger partial charge < -0.3 is 9.67 Å². The van der Waals surface area contributed by atoms with Gasteiger partial charge in [-0.3, -0.25) is 0 Å². The first-order chi connectivity index (χ1) is 10.1. The summed E-state index contributed by atoms with van der Waals surface area (Å²) in [6, 6.07) is 13.8. The lowest BCUT2D eigenvalue weighted by Gasteiger charge is -2.12. The van der Waals surface area contributed by atoms with Crippen LogP contribution in [-0.2, 0) is 6.54 Å². The summed E-state index contributed by atoms with van der Waals surface area (Å²) in [5, 5.41) is 10.5. The number of rotatable bonds is 3. The van der Waals surface area contributed by atoms with E-state index in [1.54, 1.807) is 6.92 Å². The fourth-order valence-corrected chi connectivity index (χ4v) is 2.74. The molecule has 0 aliphatic heterocycles. The highest BCUT2D eigenvalue weighted by atomic mass is 35.5. The molecule has 3 nitrogen and oxygen atoms in total. The summed E-state index contributed by atoms with van der Waals surface area (Å²) in [4.78, 5) is 4.73. The van der Waals surface area contributed by atoms with Gasteiger partial charge in [0.05, 0.1) is 23.7 Å². The second kappa shape index (κ2) is 5.51. The summed E-state index contributed by atoms with van der Waals surface area (Å²) in [6.45, 7) is 4.33. The molecule has 1 heterocycles. The van der Waals surface area contributed by atoms with E-state index in [9.17, 15) is 5.11 Å². The number of benzene rings is 2. The van der Waals surface area contributed by atoms with E-state index in [1.807, 2.05) is 34.9 Å². The molecular weight excluding hydrogens is 284 g/mol. The molecule has 3 rings (SSSR count). The van der Waals surface area contributed by atoms with Crippen molar-refractivity contribution in [3.63, 3.8) is 0 Å². The second-order valence-corrected chi connectivity index (χ2v) is 5.78. The van der Waals surface area contributed by atoms with Crippen LogP contribution in [0.5, 0.6) is 0 Å². The first-order valence-corrected chi connectivity index (χ1v) is 7.34. The van der Waals surface area contributed by atoms with Gasteiger partial charge in [-0.2, -0.15) is 0 Å². The van der Waals surface area contributed by atoms with Crippen LogP contribution in [0.2, 0.25) is 5.02 Å². The summed E-state index contributed by atoms with van der Waals surface area (Å²) in [7, 11) is 0. The van der Waals surface area contributed by atoms with Crippen molar-refractivity contribution in [1.82, 2.24) is 9.55 Å². The van der Waals surface area contributed by atoms with Crippen LogP contribution in [-0.4, -0.2) is 20.8 Å². The van der Waals surface area contributed by atoms with Gasteiger partial charge in [0.2, 0.25) is 0 Å². The smallest absolute Gasteiger partial charge is 0.141 e. The lowest BCUT2D eigenvalue weighted by Crippen LogP contribution is -2.13. The molecule has 0 bridgehead atoms. The van der Waals surface area contributed by atoms with E-state index in [0.717, 1.165) is 28.0 Å². The predicted octanol–water partition coefficient (Wildman–Crippen LogP) is 4.05. The number of hydrogen-bond acceptors (Lipinski definition) is 2. The van der Waals surface area contributed by atoms with Crippen molar-refractivity contribution in [2.45, 2.75) is 26.5 Å². The zero-order chi connectivity index (χ0) is 15.0. The molecule has 4 heteroatoms. The highest BCUT2D eigenvalue weighted by molar-refractivity contribution is 6.31. The molecule has 0 aliphatic carbocycles. The van der Waals surface area contributed by atoms with Gasteiger partial charge >= 0.3 is 0 Å². The van der Waals surface area contributed by atoms with Crippen molar-refractivity contribution in [2.24, 2.45) is 0 Å². The highest BCUT2D eigenvalue weighted by Crippen LogP contribution is 2.29. The molecule has 2 aromatic carbocycles. The molecule has 108 valence electrons. The Kier molecular flexibility index (Phi) is 3.70. The third-order valence-corrected chi connectivity index (χ3v) is 3.78. The van der Waals surface area contributed by atoms with Crippen molar-refractivity contribution in [3.8, 4) is 11.4 Å². The van der Waals surface area contributed by atoms with Crippen LogP contribution in [0.1, 0.15) is 12.5 Å². The van der Waals surface area contributed by atoms with Gasteiger partial charge in [-0.15, -0.1) is 0 Å². The third-order valence-electron chi connectivity index (χ3n) is 3.54.